The van der Waals surface area contributed by atoms with Crippen LogP contribution >= 0.6 is 12.4 Å². The fraction of sp³-hybridized carbons (Fsp3) is 0.333. The highest BCUT2D eigenvalue weighted by Crippen LogP contribution is 2.26. The van der Waals surface area contributed by atoms with Crippen molar-refractivity contribution in [1.29, 1.82) is 0 Å². The van der Waals surface area contributed by atoms with Crippen molar-refractivity contribution in [1.82, 2.24) is 0 Å². The number of halogens is 4. The molecule has 0 amide bonds. The van der Waals surface area contributed by atoms with Crippen molar-refractivity contribution in [2.45, 2.75) is 13.1 Å². The first-order valence-corrected chi connectivity index (χ1v) is 4.19. The average molecular weight is 257 g/mol. The van der Waals surface area contributed by atoms with Crippen molar-refractivity contribution < 1.29 is 17.9 Å². The summed E-state index contributed by atoms with van der Waals surface area (Å²) in [5.74, 6) is 5.23. The Morgan fingerprint density at radius 2 is 2.00 bits per heavy atom. The maximum absolute atomic E-state index is 11.9. The zero-order valence-electron chi connectivity index (χ0n) is 8.47. The molecule has 0 saturated heterocycles. The van der Waals surface area contributed by atoms with E-state index in [2.05, 4.69) is 10.2 Å². The molecule has 16 heavy (non-hydrogen) atoms. The molecule has 3 nitrogen and oxygen atoms in total. The second-order valence-electron chi connectivity index (χ2n) is 3.05. The standard InChI is InChI=1S/C9H11F3N2O.ClH/c1-6-2-3-8(7(4-6)14-13)15-5-9(10,11)12;/h2-4,14H,5,13H2,1H3;1H. The number of aryl methyl sites for hydroxylation is 1. The largest absolute Gasteiger partial charge is 0.482 e. The summed E-state index contributed by atoms with van der Waals surface area (Å²) < 4.78 is 40.2. The van der Waals surface area contributed by atoms with Crippen LogP contribution in [0.5, 0.6) is 5.75 Å². The van der Waals surface area contributed by atoms with Crippen LogP contribution in [0.1, 0.15) is 5.56 Å². The summed E-state index contributed by atoms with van der Waals surface area (Å²) in [6, 6.07) is 4.69. The third kappa shape index (κ3) is 4.59. The Labute approximate surface area is 97.1 Å². The van der Waals surface area contributed by atoms with Crippen LogP contribution in [0.3, 0.4) is 0 Å². The number of rotatable bonds is 3. The minimum Gasteiger partial charge on any atom is -0.482 e. The van der Waals surface area contributed by atoms with Gasteiger partial charge in [-0.1, -0.05) is 6.07 Å². The Morgan fingerprint density at radius 1 is 1.38 bits per heavy atom. The minimum atomic E-state index is -4.35. The molecular weight excluding hydrogens is 245 g/mol. The molecular formula is C9H12ClF3N2O. The van der Waals surface area contributed by atoms with Gasteiger partial charge in [-0.25, -0.2) is 0 Å². The van der Waals surface area contributed by atoms with Crippen LogP contribution < -0.4 is 16.0 Å². The highest BCUT2D eigenvalue weighted by atomic mass is 35.5. The molecule has 0 saturated carbocycles. The molecule has 0 spiro atoms. The second-order valence-corrected chi connectivity index (χ2v) is 3.05. The predicted octanol–water partition coefficient (Wildman–Crippen LogP) is 2.64. The molecule has 0 atom stereocenters. The maximum atomic E-state index is 11.9. The molecule has 0 unspecified atom stereocenters. The Kier molecular flexibility index (Phi) is 5.40. The lowest BCUT2D eigenvalue weighted by Crippen LogP contribution is -2.20. The normalized spacial score (nSPS) is 10.6. The molecule has 0 aliphatic rings. The van der Waals surface area contributed by atoms with E-state index in [1.165, 1.54) is 6.07 Å². The lowest BCUT2D eigenvalue weighted by molar-refractivity contribution is -0.153. The minimum absolute atomic E-state index is 0. The van der Waals surface area contributed by atoms with Gasteiger partial charge in [-0.2, -0.15) is 13.2 Å². The molecule has 0 fully saturated rings. The van der Waals surface area contributed by atoms with Crippen molar-refractivity contribution >= 4 is 18.1 Å². The molecule has 3 N–H and O–H groups in total. The number of hydrogen-bond donors (Lipinski definition) is 2. The van der Waals surface area contributed by atoms with Gasteiger partial charge in [0.25, 0.3) is 0 Å². The van der Waals surface area contributed by atoms with E-state index in [0.29, 0.717) is 5.69 Å². The summed E-state index contributed by atoms with van der Waals surface area (Å²) in [5, 5.41) is 0. The summed E-state index contributed by atoms with van der Waals surface area (Å²) in [6.07, 6.45) is -4.35. The number of hydrogen-bond acceptors (Lipinski definition) is 3. The summed E-state index contributed by atoms with van der Waals surface area (Å²) in [7, 11) is 0. The van der Waals surface area contributed by atoms with Crippen LogP contribution in [0.15, 0.2) is 18.2 Å². The number of alkyl halides is 3. The highest BCUT2D eigenvalue weighted by Gasteiger charge is 2.28. The number of benzene rings is 1. The van der Waals surface area contributed by atoms with E-state index in [1.54, 1.807) is 19.1 Å². The van der Waals surface area contributed by atoms with Crippen molar-refractivity contribution in [3.63, 3.8) is 0 Å². The van der Waals surface area contributed by atoms with Crippen LogP contribution in [-0.2, 0) is 0 Å². The predicted molar refractivity (Wildman–Crippen MR) is 57.8 cm³/mol. The van der Waals surface area contributed by atoms with Gasteiger partial charge in [-0.3, -0.25) is 5.84 Å². The van der Waals surface area contributed by atoms with Gasteiger partial charge in [0.05, 0.1) is 5.69 Å². The van der Waals surface area contributed by atoms with Gasteiger partial charge >= 0.3 is 6.18 Å². The molecule has 0 aliphatic heterocycles. The molecule has 92 valence electrons. The summed E-state index contributed by atoms with van der Waals surface area (Å²) in [5.41, 5.74) is 3.49. The molecule has 0 bridgehead atoms. The third-order valence-corrected chi connectivity index (χ3v) is 1.68. The van der Waals surface area contributed by atoms with Gasteiger partial charge < -0.3 is 10.2 Å². The van der Waals surface area contributed by atoms with Crippen molar-refractivity contribution in [2.75, 3.05) is 12.0 Å². The molecule has 1 aromatic carbocycles. The molecule has 1 rings (SSSR count). The quantitative estimate of drug-likeness (QED) is 0.646. The summed E-state index contributed by atoms with van der Waals surface area (Å²) >= 11 is 0. The number of hydrazine groups is 1. The first-order valence-electron chi connectivity index (χ1n) is 4.19. The van der Waals surface area contributed by atoms with Crippen LogP contribution in [0.25, 0.3) is 0 Å². The van der Waals surface area contributed by atoms with E-state index >= 15 is 0 Å². The second kappa shape index (κ2) is 5.81. The van der Waals surface area contributed by atoms with Gasteiger partial charge in [0.1, 0.15) is 5.75 Å². The van der Waals surface area contributed by atoms with E-state index in [1.807, 2.05) is 0 Å². The number of ether oxygens (including phenoxy) is 1. The third-order valence-electron chi connectivity index (χ3n) is 1.68. The number of anilines is 1. The zero-order valence-corrected chi connectivity index (χ0v) is 9.28. The van der Waals surface area contributed by atoms with Gasteiger partial charge in [-0.05, 0) is 24.6 Å². The van der Waals surface area contributed by atoms with Crippen LogP contribution in [0, 0.1) is 6.92 Å². The van der Waals surface area contributed by atoms with E-state index in [0.717, 1.165) is 5.56 Å². The summed E-state index contributed by atoms with van der Waals surface area (Å²) in [6.45, 7) is 0.471. The SMILES string of the molecule is Cc1ccc(OCC(F)(F)F)c(NN)c1.Cl. The first kappa shape index (κ1) is 14.9. The van der Waals surface area contributed by atoms with Gasteiger partial charge in [-0.15, -0.1) is 12.4 Å². The number of nitrogens with two attached hydrogens (primary N) is 1. The molecule has 0 radical (unpaired) electrons. The fourth-order valence-electron chi connectivity index (χ4n) is 1.04. The number of nitrogen functional groups attached to an aromatic ring is 1. The molecule has 0 aromatic heterocycles. The first-order chi connectivity index (χ1) is 6.92. The zero-order chi connectivity index (χ0) is 11.5. The van der Waals surface area contributed by atoms with E-state index in [-0.39, 0.29) is 18.2 Å². The van der Waals surface area contributed by atoms with Crippen LogP contribution in [0.4, 0.5) is 18.9 Å². The van der Waals surface area contributed by atoms with Gasteiger partial charge in [0.2, 0.25) is 0 Å². The lowest BCUT2D eigenvalue weighted by Gasteiger charge is -2.13. The lowest BCUT2D eigenvalue weighted by atomic mass is 10.2. The van der Waals surface area contributed by atoms with E-state index in [9.17, 15) is 13.2 Å². The smallest absolute Gasteiger partial charge is 0.422 e. The summed E-state index contributed by atoms with van der Waals surface area (Å²) in [4.78, 5) is 0. The Morgan fingerprint density at radius 3 is 2.50 bits per heavy atom. The molecule has 1 aromatic rings. The Hall–Kier alpha value is -1.14. The van der Waals surface area contributed by atoms with Crippen LogP contribution in [-0.4, -0.2) is 12.8 Å². The Bertz CT molecular complexity index is 344. The van der Waals surface area contributed by atoms with Gasteiger partial charge in [0.15, 0.2) is 6.61 Å². The van der Waals surface area contributed by atoms with Crippen molar-refractivity contribution in [3.05, 3.63) is 23.8 Å². The van der Waals surface area contributed by atoms with Crippen molar-refractivity contribution in [2.24, 2.45) is 5.84 Å². The van der Waals surface area contributed by atoms with Crippen LogP contribution in [0.2, 0.25) is 0 Å². The molecule has 0 aliphatic carbocycles. The van der Waals surface area contributed by atoms with Crippen molar-refractivity contribution in [3.8, 4) is 5.75 Å². The van der Waals surface area contributed by atoms with E-state index < -0.39 is 12.8 Å². The molecule has 0 heterocycles. The monoisotopic (exact) mass is 256 g/mol. The molecule has 7 heteroatoms. The maximum Gasteiger partial charge on any atom is 0.422 e. The van der Waals surface area contributed by atoms with E-state index in [4.69, 9.17) is 5.84 Å². The fourth-order valence-corrected chi connectivity index (χ4v) is 1.04. The topological polar surface area (TPSA) is 47.3 Å². The highest BCUT2D eigenvalue weighted by molar-refractivity contribution is 5.85. The van der Waals surface area contributed by atoms with Gasteiger partial charge in [0, 0.05) is 0 Å². The number of nitrogens with one attached hydrogen (secondary N) is 1. The average Bonchev–Trinajstić information content (AvgIpc) is 2.14. The Balaban J connectivity index is 0.00000225.